The number of nitrogens with one attached hydrogen (secondary N) is 3. The highest BCUT2D eigenvalue weighted by atomic mass is 35.5. The molecule has 0 aliphatic carbocycles. The van der Waals surface area contributed by atoms with Crippen molar-refractivity contribution < 1.29 is 0 Å². The van der Waals surface area contributed by atoms with Crippen LogP contribution >= 0.6 is 35.4 Å². The molecular weight excluding hydrogens is 267 g/mol. The third-order valence-corrected chi connectivity index (χ3v) is 2.58. The molecule has 0 bridgehead atoms. The van der Waals surface area contributed by atoms with Crippen molar-refractivity contribution in [1.82, 2.24) is 15.6 Å². The lowest BCUT2D eigenvalue weighted by molar-refractivity contribution is 0.883. The normalized spacial score (nSPS) is 9.69. The van der Waals surface area contributed by atoms with Gasteiger partial charge in [0.2, 0.25) is 0 Å². The maximum Gasteiger partial charge on any atom is 0.166 e. The first-order valence-corrected chi connectivity index (χ1v) is 5.80. The highest BCUT2D eigenvalue weighted by Gasteiger charge is 2.01. The van der Waals surface area contributed by atoms with Crippen LogP contribution in [-0.4, -0.2) is 30.2 Å². The Labute approximate surface area is 110 Å². The summed E-state index contributed by atoms with van der Waals surface area (Å²) < 4.78 is 0. The van der Waals surface area contributed by atoms with Gasteiger partial charge in [-0.2, -0.15) is 0 Å². The van der Waals surface area contributed by atoms with Crippen LogP contribution in [0.2, 0.25) is 10.0 Å². The van der Waals surface area contributed by atoms with Gasteiger partial charge >= 0.3 is 0 Å². The molecule has 0 fully saturated rings. The van der Waals surface area contributed by atoms with E-state index in [1.54, 1.807) is 19.3 Å². The Morgan fingerprint density at radius 2 is 2.19 bits per heavy atom. The molecule has 3 N–H and O–H groups in total. The zero-order valence-electron chi connectivity index (χ0n) is 8.68. The Morgan fingerprint density at radius 1 is 1.44 bits per heavy atom. The van der Waals surface area contributed by atoms with Crippen LogP contribution < -0.4 is 16.0 Å². The summed E-state index contributed by atoms with van der Waals surface area (Å²) in [5.41, 5.74) is 0. The van der Waals surface area contributed by atoms with E-state index < -0.39 is 0 Å². The minimum absolute atomic E-state index is 0.503. The minimum atomic E-state index is 0.503. The number of halogens is 2. The number of anilines is 1. The molecule has 0 saturated carbocycles. The van der Waals surface area contributed by atoms with Gasteiger partial charge in [0.05, 0.1) is 10.0 Å². The van der Waals surface area contributed by atoms with Crippen LogP contribution in [0.5, 0.6) is 0 Å². The standard InChI is InChI=1S/C9H12Cl2N4S/c1-12-9(16)14-3-2-13-8-7(11)4-6(10)5-15-8/h4-5H,2-3H2,1H3,(H,13,15)(H2,12,14,16). The predicted octanol–water partition coefficient (Wildman–Crippen LogP) is 1.89. The molecule has 1 rings (SSSR count). The van der Waals surface area contributed by atoms with Gasteiger partial charge in [0.1, 0.15) is 5.82 Å². The Balaban J connectivity index is 2.35. The largest absolute Gasteiger partial charge is 0.367 e. The molecular formula is C9H12Cl2N4S. The summed E-state index contributed by atoms with van der Waals surface area (Å²) >= 11 is 16.6. The molecule has 0 atom stereocenters. The number of aromatic nitrogens is 1. The quantitative estimate of drug-likeness (QED) is 0.580. The topological polar surface area (TPSA) is 49.0 Å². The molecule has 0 aliphatic rings. The van der Waals surface area contributed by atoms with E-state index >= 15 is 0 Å². The van der Waals surface area contributed by atoms with E-state index in [0.717, 1.165) is 0 Å². The van der Waals surface area contributed by atoms with E-state index in [1.165, 1.54) is 0 Å². The number of thiocarbonyl (C=S) groups is 1. The third-order valence-electron chi connectivity index (χ3n) is 1.74. The van der Waals surface area contributed by atoms with Gasteiger partial charge in [-0.1, -0.05) is 23.2 Å². The zero-order chi connectivity index (χ0) is 12.0. The molecule has 0 saturated heterocycles. The van der Waals surface area contributed by atoms with Crippen molar-refractivity contribution in [3.05, 3.63) is 22.3 Å². The number of pyridine rings is 1. The van der Waals surface area contributed by atoms with Crippen molar-refractivity contribution in [2.45, 2.75) is 0 Å². The first kappa shape index (κ1) is 13.3. The van der Waals surface area contributed by atoms with Crippen molar-refractivity contribution in [2.24, 2.45) is 0 Å². The molecule has 0 radical (unpaired) electrons. The molecule has 1 heterocycles. The summed E-state index contributed by atoms with van der Waals surface area (Å²) in [5.74, 6) is 0.614. The predicted molar refractivity (Wildman–Crippen MR) is 72.4 cm³/mol. The molecule has 1 aromatic rings. The van der Waals surface area contributed by atoms with E-state index in [-0.39, 0.29) is 0 Å². The van der Waals surface area contributed by atoms with Crippen molar-refractivity contribution in [3.8, 4) is 0 Å². The fourth-order valence-electron chi connectivity index (χ4n) is 0.990. The number of hydrogen-bond donors (Lipinski definition) is 3. The second kappa shape index (κ2) is 6.73. The molecule has 0 spiro atoms. The number of rotatable bonds is 4. The zero-order valence-corrected chi connectivity index (χ0v) is 11.0. The highest BCUT2D eigenvalue weighted by Crippen LogP contribution is 2.21. The van der Waals surface area contributed by atoms with Gasteiger partial charge in [-0.3, -0.25) is 0 Å². The second-order valence-electron chi connectivity index (χ2n) is 2.92. The summed E-state index contributed by atoms with van der Waals surface area (Å²) in [4.78, 5) is 4.06. The molecule has 7 heteroatoms. The SMILES string of the molecule is CNC(=S)NCCNc1ncc(Cl)cc1Cl. The fourth-order valence-corrected chi connectivity index (χ4v) is 1.54. The fraction of sp³-hybridized carbons (Fsp3) is 0.333. The van der Waals surface area contributed by atoms with Crippen LogP contribution in [0.15, 0.2) is 12.3 Å². The van der Waals surface area contributed by atoms with E-state index in [1.807, 2.05) is 0 Å². The number of hydrogen-bond acceptors (Lipinski definition) is 3. The van der Waals surface area contributed by atoms with Crippen LogP contribution in [0.25, 0.3) is 0 Å². The lowest BCUT2D eigenvalue weighted by Gasteiger charge is -2.09. The van der Waals surface area contributed by atoms with Crippen LogP contribution in [0.1, 0.15) is 0 Å². The summed E-state index contributed by atoms with van der Waals surface area (Å²) in [5, 5.41) is 10.5. The Bertz CT molecular complexity index is 373. The highest BCUT2D eigenvalue weighted by molar-refractivity contribution is 7.80. The molecule has 0 aromatic carbocycles. The van der Waals surface area contributed by atoms with Crippen LogP contribution in [-0.2, 0) is 0 Å². The van der Waals surface area contributed by atoms with E-state index in [0.29, 0.717) is 34.1 Å². The molecule has 88 valence electrons. The van der Waals surface area contributed by atoms with Gasteiger partial charge in [-0.15, -0.1) is 0 Å². The van der Waals surface area contributed by atoms with Gasteiger partial charge in [0.15, 0.2) is 5.11 Å². The lowest BCUT2D eigenvalue weighted by Crippen LogP contribution is -2.35. The third kappa shape index (κ3) is 4.38. The Hall–Kier alpha value is -0.780. The molecule has 0 unspecified atom stereocenters. The summed E-state index contributed by atoms with van der Waals surface area (Å²) in [6.45, 7) is 1.34. The van der Waals surface area contributed by atoms with Crippen molar-refractivity contribution in [3.63, 3.8) is 0 Å². The van der Waals surface area contributed by atoms with Crippen LogP contribution in [0.3, 0.4) is 0 Å². The summed E-state index contributed by atoms with van der Waals surface area (Å²) in [6.07, 6.45) is 1.54. The maximum atomic E-state index is 5.93. The monoisotopic (exact) mass is 278 g/mol. The van der Waals surface area contributed by atoms with Crippen molar-refractivity contribution in [2.75, 3.05) is 25.5 Å². The van der Waals surface area contributed by atoms with E-state index in [4.69, 9.17) is 35.4 Å². The smallest absolute Gasteiger partial charge is 0.166 e. The molecule has 1 aromatic heterocycles. The number of nitrogens with zero attached hydrogens (tertiary/aromatic N) is 1. The van der Waals surface area contributed by atoms with Gasteiger partial charge in [0, 0.05) is 26.3 Å². The first-order chi connectivity index (χ1) is 7.63. The second-order valence-corrected chi connectivity index (χ2v) is 4.17. The van der Waals surface area contributed by atoms with Crippen molar-refractivity contribution >= 4 is 46.4 Å². The molecule has 0 aliphatic heterocycles. The van der Waals surface area contributed by atoms with Crippen molar-refractivity contribution in [1.29, 1.82) is 0 Å². The van der Waals surface area contributed by atoms with Gasteiger partial charge in [0.25, 0.3) is 0 Å². The summed E-state index contributed by atoms with van der Waals surface area (Å²) in [7, 11) is 1.76. The van der Waals surface area contributed by atoms with Crippen LogP contribution in [0.4, 0.5) is 5.82 Å². The minimum Gasteiger partial charge on any atom is -0.367 e. The molecule has 0 amide bonds. The van der Waals surface area contributed by atoms with Gasteiger partial charge in [-0.25, -0.2) is 4.98 Å². The van der Waals surface area contributed by atoms with Crippen LogP contribution in [0, 0.1) is 0 Å². The summed E-state index contributed by atoms with van der Waals surface area (Å²) in [6, 6.07) is 1.64. The average molecular weight is 279 g/mol. The lowest BCUT2D eigenvalue weighted by atomic mass is 10.4. The van der Waals surface area contributed by atoms with E-state index in [9.17, 15) is 0 Å². The van der Waals surface area contributed by atoms with E-state index in [2.05, 4.69) is 20.9 Å². The Morgan fingerprint density at radius 3 is 2.81 bits per heavy atom. The Kier molecular flexibility index (Phi) is 5.59. The maximum absolute atomic E-state index is 5.93. The first-order valence-electron chi connectivity index (χ1n) is 4.64. The molecule has 4 nitrogen and oxygen atoms in total. The van der Waals surface area contributed by atoms with Gasteiger partial charge in [-0.05, 0) is 18.3 Å². The molecule has 16 heavy (non-hydrogen) atoms. The average Bonchev–Trinajstić information content (AvgIpc) is 2.26. The van der Waals surface area contributed by atoms with Gasteiger partial charge < -0.3 is 16.0 Å².